The maximum Gasteiger partial charge on any atom is 0.133 e. The lowest BCUT2D eigenvalue weighted by Crippen LogP contribution is -1.83. The summed E-state index contributed by atoms with van der Waals surface area (Å²) >= 11 is 2.45. The lowest BCUT2D eigenvalue weighted by atomic mass is 10.2. The average molecular weight is 220 g/mol. The van der Waals surface area contributed by atoms with Crippen LogP contribution < -0.4 is 0 Å². The first kappa shape index (κ1) is 11.0. The van der Waals surface area contributed by atoms with Gasteiger partial charge in [-0.1, -0.05) is 24.3 Å². The molecular formula is C10H8N2S2. The van der Waals surface area contributed by atoms with Crippen LogP contribution in [0.4, 0.5) is 0 Å². The Morgan fingerprint density at radius 3 is 1.93 bits per heavy atom. The van der Waals surface area contributed by atoms with Crippen molar-refractivity contribution in [3.8, 4) is 10.8 Å². The fourth-order valence-electron chi connectivity index (χ4n) is 1.04. The van der Waals surface area contributed by atoms with Crippen LogP contribution >= 0.6 is 23.5 Å². The van der Waals surface area contributed by atoms with Crippen LogP contribution in [0.15, 0.2) is 24.3 Å². The van der Waals surface area contributed by atoms with Gasteiger partial charge in [0.2, 0.25) is 0 Å². The van der Waals surface area contributed by atoms with Crippen molar-refractivity contribution < 1.29 is 0 Å². The van der Waals surface area contributed by atoms with Gasteiger partial charge in [0.1, 0.15) is 10.8 Å². The molecule has 0 saturated carbocycles. The molecule has 0 saturated heterocycles. The number of nitriles is 2. The molecule has 1 aromatic rings. The summed E-state index contributed by atoms with van der Waals surface area (Å²) in [7, 11) is 0. The first-order chi connectivity index (χ1) is 6.86. The van der Waals surface area contributed by atoms with E-state index in [-0.39, 0.29) is 0 Å². The molecule has 0 heterocycles. The van der Waals surface area contributed by atoms with E-state index in [1.807, 2.05) is 35.1 Å². The Hall–Kier alpha value is -1.10. The summed E-state index contributed by atoms with van der Waals surface area (Å²) in [6.45, 7) is 0. The molecule has 4 heteroatoms. The van der Waals surface area contributed by atoms with Crippen molar-refractivity contribution >= 4 is 23.5 Å². The molecule has 0 N–H and O–H groups in total. The van der Waals surface area contributed by atoms with E-state index in [2.05, 4.69) is 0 Å². The highest BCUT2D eigenvalue weighted by atomic mass is 32.2. The Kier molecular flexibility index (Phi) is 4.99. The number of hydrogen-bond acceptors (Lipinski definition) is 4. The highest BCUT2D eigenvalue weighted by Crippen LogP contribution is 2.16. The molecular weight excluding hydrogens is 212 g/mol. The molecule has 0 atom stereocenters. The summed E-state index contributed by atoms with van der Waals surface area (Å²) in [6, 6.07) is 7.98. The van der Waals surface area contributed by atoms with Gasteiger partial charge < -0.3 is 0 Å². The van der Waals surface area contributed by atoms with E-state index in [9.17, 15) is 0 Å². The smallest absolute Gasteiger partial charge is 0.133 e. The average Bonchev–Trinajstić information content (AvgIpc) is 2.24. The molecule has 0 aliphatic carbocycles. The van der Waals surface area contributed by atoms with Crippen molar-refractivity contribution in [2.24, 2.45) is 0 Å². The number of thioether (sulfide) groups is 2. The van der Waals surface area contributed by atoms with Gasteiger partial charge in [0.25, 0.3) is 0 Å². The molecule has 0 aliphatic rings. The van der Waals surface area contributed by atoms with Crippen molar-refractivity contribution in [1.29, 1.82) is 10.5 Å². The topological polar surface area (TPSA) is 47.6 Å². The third kappa shape index (κ3) is 3.74. The number of nitrogens with zero attached hydrogens (tertiary/aromatic N) is 2. The van der Waals surface area contributed by atoms with Crippen molar-refractivity contribution in [1.82, 2.24) is 0 Å². The van der Waals surface area contributed by atoms with Crippen LogP contribution in [0.3, 0.4) is 0 Å². The largest absolute Gasteiger partial charge is 0.185 e. The second kappa shape index (κ2) is 6.37. The van der Waals surface area contributed by atoms with Gasteiger partial charge in [-0.25, -0.2) is 0 Å². The van der Waals surface area contributed by atoms with Gasteiger partial charge in [-0.15, -0.1) is 0 Å². The number of thiocyanates is 2. The summed E-state index contributed by atoms with van der Waals surface area (Å²) in [5.74, 6) is 1.42. The van der Waals surface area contributed by atoms with Crippen LogP contribution in [0.1, 0.15) is 11.1 Å². The first-order valence-corrected chi connectivity index (χ1v) is 5.93. The van der Waals surface area contributed by atoms with E-state index in [1.54, 1.807) is 0 Å². The normalized spacial score (nSPS) is 9.00. The van der Waals surface area contributed by atoms with Crippen LogP contribution in [-0.2, 0) is 11.5 Å². The minimum absolute atomic E-state index is 0.710. The first-order valence-electron chi connectivity index (χ1n) is 3.96. The van der Waals surface area contributed by atoms with Gasteiger partial charge in [0, 0.05) is 11.5 Å². The second-order valence-corrected chi connectivity index (χ2v) is 4.10. The standard InChI is InChI=1S/C10H8N2S2/c11-7-13-5-9-2-1-3-10(4-9)6-14-8-12/h1-4H,5-6H2. The zero-order chi connectivity index (χ0) is 10.2. The fraction of sp³-hybridized carbons (Fsp3) is 0.200. The molecule has 0 aliphatic heterocycles. The molecule has 0 aromatic heterocycles. The Morgan fingerprint density at radius 1 is 1.00 bits per heavy atom. The predicted molar refractivity (Wildman–Crippen MR) is 60.3 cm³/mol. The van der Waals surface area contributed by atoms with Crippen molar-refractivity contribution in [3.63, 3.8) is 0 Å². The van der Waals surface area contributed by atoms with Crippen LogP contribution in [0.2, 0.25) is 0 Å². The summed E-state index contributed by atoms with van der Waals surface area (Å²) in [6.07, 6.45) is 0. The maximum atomic E-state index is 8.40. The molecule has 0 unspecified atom stereocenters. The Balaban J connectivity index is 2.61. The van der Waals surface area contributed by atoms with E-state index in [4.69, 9.17) is 10.5 Å². The van der Waals surface area contributed by atoms with Gasteiger partial charge >= 0.3 is 0 Å². The molecule has 0 bridgehead atoms. The van der Waals surface area contributed by atoms with E-state index in [0.29, 0.717) is 11.5 Å². The molecule has 1 rings (SSSR count). The maximum absolute atomic E-state index is 8.40. The minimum Gasteiger partial charge on any atom is -0.185 e. The monoisotopic (exact) mass is 220 g/mol. The third-order valence-corrected chi connectivity index (χ3v) is 2.81. The van der Waals surface area contributed by atoms with Crippen molar-refractivity contribution in [2.75, 3.05) is 0 Å². The number of hydrogen-bond donors (Lipinski definition) is 0. The molecule has 70 valence electrons. The lowest BCUT2D eigenvalue weighted by molar-refractivity contribution is 1.33. The van der Waals surface area contributed by atoms with Crippen LogP contribution in [-0.4, -0.2) is 0 Å². The van der Waals surface area contributed by atoms with Gasteiger partial charge in [-0.3, -0.25) is 0 Å². The Bertz CT molecular complexity index is 343. The summed E-state index contributed by atoms with van der Waals surface area (Å²) in [5, 5.41) is 20.9. The van der Waals surface area contributed by atoms with Crippen molar-refractivity contribution in [2.45, 2.75) is 11.5 Å². The molecule has 0 radical (unpaired) electrons. The summed E-state index contributed by atoms with van der Waals surface area (Å²) in [5.41, 5.74) is 2.26. The van der Waals surface area contributed by atoms with Crippen LogP contribution in [0.25, 0.3) is 0 Å². The van der Waals surface area contributed by atoms with Crippen LogP contribution in [0.5, 0.6) is 0 Å². The van der Waals surface area contributed by atoms with Gasteiger partial charge in [0.05, 0.1) is 0 Å². The molecule has 0 amide bonds. The Labute approximate surface area is 91.9 Å². The van der Waals surface area contributed by atoms with E-state index in [0.717, 1.165) is 11.1 Å². The number of rotatable bonds is 4. The van der Waals surface area contributed by atoms with E-state index < -0.39 is 0 Å². The second-order valence-electron chi connectivity index (χ2n) is 2.58. The highest BCUT2D eigenvalue weighted by molar-refractivity contribution is 8.03. The summed E-state index contributed by atoms with van der Waals surface area (Å²) in [4.78, 5) is 0. The van der Waals surface area contributed by atoms with E-state index >= 15 is 0 Å². The molecule has 0 fully saturated rings. The minimum atomic E-state index is 0.710. The SMILES string of the molecule is N#CSCc1cccc(CSC#N)c1. The van der Waals surface area contributed by atoms with Gasteiger partial charge in [-0.05, 0) is 34.7 Å². The lowest BCUT2D eigenvalue weighted by Gasteiger charge is -2.00. The van der Waals surface area contributed by atoms with Crippen molar-refractivity contribution in [3.05, 3.63) is 35.4 Å². The third-order valence-electron chi connectivity index (χ3n) is 1.60. The molecule has 2 nitrogen and oxygen atoms in total. The highest BCUT2D eigenvalue weighted by Gasteiger charge is 1.96. The van der Waals surface area contributed by atoms with Crippen LogP contribution in [0, 0.1) is 21.3 Å². The zero-order valence-electron chi connectivity index (χ0n) is 7.43. The molecule has 1 aromatic carbocycles. The zero-order valence-corrected chi connectivity index (χ0v) is 9.07. The summed E-state index contributed by atoms with van der Waals surface area (Å²) < 4.78 is 0. The Morgan fingerprint density at radius 2 is 1.50 bits per heavy atom. The number of benzene rings is 1. The van der Waals surface area contributed by atoms with Gasteiger partial charge in [0.15, 0.2) is 0 Å². The molecule has 14 heavy (non-hydrogen) atoms. The molecule has 0 spiro atoms. The predicted octanol–water partition coefficient (Wildman–Crippen LogP) is 3.12. The van der Waals surface area contributed by atoms with E-state index in [1.165, 1.54) is 23.5 Å². The van der Waals surface area contributed by atoms with Gasteiger partial charge in [-0.2, -0.15) is 10.5 Å². The fourth-order valence-corrected chi connectivity index (χ4v) is 1.86. The quantitative estimate of drug-likeness (QED) is 0.731.